The van der Waals surface area contributed by atoms with Gasteiger partial charge in [-0.25, -0.2) is 14.6 Å². The summed E-state index contributed by atoms with van der Waals surface area (Å²) >= 11 is 0. The monoisotopic (exact) mass is 412 g/mol. The Labute approximate surface area is 179 Å². The van der Waals surface area contributed by atoms with Crippen LogP contribution in [0.5, 0.6) is 0 Å². The van der Waals surface area contributed by atoms with Gasteiger partial charge in [-0.05, 0) is 37.3 Å². The van der Waals surface area contributed by atoms with Crippen LogP contribution in [0.2, 0.25) is 0 Å². The first kappa shape index (κ1) is 20.1. The van der Waals surface area contributed by atoms with Crippen molar-refractivity contribution in [3.05, 3.63) is 71.7 Å². The van der Waals surface area contributed by atoms with E-state index >= 15 is 0 Å². The zero-order valence-corrected chi connectivity index (χ0v) is 17.1. The summed E-state index contributed by atoms with van der Waals surface area (Å²) in [5.41, 5.74) is 10.7. The molecule has 0 bridgehead atoms. The van der Waals surface area contributed by atoms with Gasteiger partial charge in [-0.15, -0.1) is 5.10 Å². The van der Waals surface area contributed by atoms with E-state index in [1.54, 1.807) is 42.3 Å². The molecule has 154 valence electrons. The molecule has 9 nitrogen and oxygen atoms in total. The lowest BCUT2D eigenvalue weighted by atomic mass is 10.1. The molecule has 0 saturated heterocycles. The predicted octanol–water partition coefficient (Wildman–Crippen LogP) is 3.01. The molecule has 31 heavy (non-hydrogen) atoms. The summed E-state index contributed by atoms with van der Waals surface area (Å²) in [6.07, 6.45) is 1.69. The van der Waals surface area contributed by atoms with Crippen LogP contribution in [0.25, 0.3) is 22.6 Å². The van der Waals surface area contributed by atoms with Crippen LogP contribution in [0.1, 0.15) is 30.0 Å². The van der Waals surface area contributed by atoms with Gasteiger partial charge >= 0.3 is 0 Å². The van der Waals surface area contributed by atoms with Crippen molar-refractivity contribution in [3.63, 3.8) is 0 Å². The van der Waals surface area contributed by atoms with Gasteiger partial charge in [0.2, 0.25) is 5.95 Å². The number of anilines is 1. The number of nitrogens with two attached hydrogens (primary N) is 1. The Morgan fingerprint density at radius 1 is 1.06 bits per heavy atom. The molecule has 0 amide bonds. The number of ether oxygens (including phenoxy) is 1. The number of aromatic nitrogens is 6. The molecule has 1 aromatic carbocycles. The van der Waals surface area contributed by atoms with Crippen LogP contribution in [-0.4, -0.2) is 37.1 Å². The average molecular weight is 412 g/mol. The van der Waals surface area contributed by atoms with Crippen molar-refractivity contribution < 1.29 is 4.74 Å². The third-order valence-electron chi connectivity index (χ3n) is 4.75. The maximum Gasteiger partial charge on any atom is 0.221 e. The maximum atomic E-state index is 9.14. The maximum absolute atomic E-state index is 9.14. The van der Waals surface area contributed by atoms with Gasteiger partial charge in [0, 0.05) is 12.7 Å². The van der Waals surface area contributed by atoms with Crippen LogP contribution in [-0.2, 0) is 11.3 Å². The van der Waals surface area contributed by atoms with Gasteiger partial charge in [0.25, 0.3) is 0 Å². The van der Waals surface area contributed by atoms with E-state index in [0.717, 1.165) is 17.0 Å². The molecule has 0 saturated carbocycles. The van der Waals surface area contributed by atoms with E-state index in [9.17, 15) is 0 Å². The lowest BCUT2D eigenvalue weighted by molar-refractivity contribution is 0.116. The first-order chi connectivity index (χ1) is 15.1. The van der Waals surface area contributed by atoms with E-state index in [2.05, 4.69) is 31.3 Å². The molecule has 9 heteroatoms. The van der Waals surface area contributed by atoms with Gasteiger partial charge < -0.3 is 10.5 Å². The van der Waals surface area contributed by atoms with Crippen molar-refractivity contribution in [2.24, 2.45) is 0 Å². The molecule has 1 unspecified atom stereocenters. The van der Waals surface area contributed by atoms with E-state index in [0.29, 0.717) is 29.2 Å². The highest BCUT2D eigenvalue weighted by molar-refractivity contribution is 5.68. The number of hydrogen-bond acceptors (Lipinski definition) is 8. The second kappa shape index (κ2) is 8.69. The summed E-state index contributed by atoms with van der Waals surface area (Å²) in [6.45, 7) is 2.40. The Bertz CT molecular complexity index is 1260. The zero-order valence-electron chi connectivity index (χ0n) is 17.1. The predicted molar refractivity (Wildman–Crippen MR) is 114 cm³/mol. The number of nitrogens with zero attached hydrogens (tertiary/aromatic N) is 7. The van der Waals surface area contributed by atoms with Gasteiger partial charge in [0.05, 0.1) is 53.3 Å². The fourth-order valence-corrected chi connectivity index (χ4v) is 3.09. The number of nitriles is 1. The number of pyridine rings is 1. The third kappa shape index (κ3) is 4.55. The van der Waals surface area contributed by atoms with Crippen LogP contribution in [0, 0.1) is 11.3 Å². The van der Waals surface area contributed by atoms with E-state index in [1.807, 2.05) is 31.2 Å². The van der Waals surface area contributed by atoms with Crippen molar-refractivity contribution in [2.45, 2.75) is 19.6 Å². The smallest absolute Gasteiger partial charge is 0.221 e. The first-order valence-corrected chi connectivity index (χ1v) is 9.60. The summed E-state index contributed by atoms with van der Waals surface area (Å²) in [4.78, 5) is 13.2. The van der Waals surface area contributed by atoms with Crippen LogP contribution in [0.4, 0.5) is 5.95 Å². The first-order valence-electron chi connectivity index (χ1n) is 9.60. The molecule has 4 rings (SSSR count). The van der Waals surface area contributed by atoms with Gasteiger partial charge in [0.15, 0.2) is 0 Å². The van der Waals surface area contributed by atoms with Crippen molar-refractivity contribution in [1.82, 2.24) is 29.9 Å². The van der Waals surface area contributed by atoms with Crippen molar-refractivity contribution in [2.75, 3.05) is 12.8 Å². The van der Waals surface area contributed by atoms with Gasteiger partial charge in [-0.1, -0.05) is 23.4 Å². The molecular formula is C22H20N8O. The highest BCUT2D eigenvalue weighted by Gasteiger charge is 2.12. The summed E-state index contributed by atoms with van der Waals surface area (Å²) in [7, 11) is 1.65. The van der Waals surface area contributed by atoms with Crippen LogP contribution >= 0.6 is 0 Å². The van der Waals surface area contributed by atoms with Crippen LogP contribution < -0.4 is 5.73 Å². The van der Waals surface area contributed by atoms with Gasteiger partial charge in [0.1, 0.15) is 5.69 Å². The Hall–Kier alpha value is -4.16. The molecule has 4 aromatic rings. The fraction of sp³-hybridized carbons (Fsp3) is 0.182. The molecular weight excluding hydrogens is 392 g/mol. The molecule has 1 atom stereocenters. The Kier molecular flexibility index (Phi) is 5.64. The number of hydrogen-bond donors (Lipinski definition) is 1. The lowest BCUT2D eigenvalue weighted by Gasteiger charge is -2.10. The van der Waals surface area contributed by atoms with Gasteiger partial charge in [-0.2, -0.15) is 5.26 Å². The molecule has 0 spiro atoms. The molecule has 3 heterocycles. The number of methoxy groups -OCH3 is 1. The topological polar surface area (TPSA) is 128 Å². The second-order valence-electron chi connectivity index (χ2n) is 6.92. The summed E-state index contributed by atoms with van der Waals surface area (Å²) in [5.74, 6) is 0.118. The van der Waals surface area contributed by atoms with Crippen LogP contribution in [0.15, 0.2) is 54.7 Å². The summed E-state index contributed by atoms with van der Waals surface area (Å²) < 4.78 is 7.02. The van der Waals surface area contributed by atoms with E-state index in [-0.39, 0.29) is 12.1 Å². The molecule has 2 N–H and O–H groups in total. The minimum atomic E-state index is -0.0896. The molecule has 0 radical (unpaired) electrons. The zero-order chi connectivity index (χ0) is 21.8. The average Bonchev–Trinajstić information content (AvgIpc) is 3.27. The lowest BCUT2D eigenvalue weighted by Crippen LogP contribution is -2.06. The van der Waals surface area contributed by atoms with Gasteiger partial charge in [-0.3, -0.25) is 4.98 Å². The quantitative estimate of drug-likeness (QED) is 0.512. The Balaban J connectivity index is 1.61. The minimum absolute atomic E-state index is 0.0896. The SMILES string of the molecule is COC(C)c1cccc(Cn2cc(-c3cc(-c4cccc(C#N)c4)nc(N)n3)nn2)n1. The summed E-state index contributed by atoms with van der Waals surface area (Å²) in [5, 5.41) is 17.6. The molecule has 3 aromatic heterocycles. The Morgan fingerprint density at radius 2 is 1.87 bits per heavy atom. The van der Waals surface area contributed by atoms with Crippen molar-refractivity contribution in [3.8, 4) is 28.7 Å². The third-order valence-corrected chi connectivity index (χ3v) is 4.75. The molecule has 0 aliphatic carbocycles. The molecule has 0 aliphatic heterocycles. The number of nitrogen functional groups attached to an aromatic ring is 1. The highest BCUT2D eigenvalue weighted by atomic mass is 16.5. The normalized spacial score (nSPS) is 11.8. The minimum Gasteiger partial charge on any atom is -0.375 e. The summed E-state index contributed by atoms with van der Waals surface area (Å²) in [6, 6.07) is 16.8. The van der Waals surface area contributed by atoms with Crippen molar-refractivity contribution >= 4 is 5.95 Å². The highest BCUT2D eigenvalue weighted by Crippen LogP contribution is 2.24. The van der Waals surface area contributed by atoms with Crippen LogP contribution in [0.3, 0.4) is 0 Å². The fourth-order valence-electron chi connectivity index (χ4n) is 3.09. The molecule has 0 aliphatic rings. The second-order valence-corrected chi connectivity index (χ2v) is 6.92. The largest absolute Gasteiger partial charge is 0.375 e. The molecule has 0 fully saturated rings. The Morgan fingerprint density at radius 3 is 2.68 bits per heavy atom. The number of benzene rings is 1. The number of rotatable bonds is 6. The van der Waals surface area contributed by atoms with E-state index in [1.165, 1.54) is 0 Å². The van der Waals surface area contributed by atoms with Crippen molar-refractivity contribution in [1.29, 1.82) is 5.26 Å². The van der Waals surface area contributed by atoms with E-state index in [4.69, 9.17) is 15.7 Å². The van der Waals surface area contributed by atoms with E-state index < -0.39 is 0 Å². The standard InChI is InChI=1S/C22H20N8O/c1-14(31-2)18-8-4-7-17(25-18)12-30-13-21(28-29-30)20-10-19(26-22(24)27-20)16-6-3-5-15(9-16)11-23/h3-10,13-14H,12H2,1-2H3,(H2,24,26,27).